The van der Waals surface area contributed by atoms with Crippen LogP contribution in [0.1, 0.15) is 21.7 Å². The lowest BCUT2D eigenvalue weighted by molar-refractivity contribution is -0.121. The lowest BCUT2D eigenvalue weighted by atomic mass is 10.1. The Hall–Kier alpha value is -3.41. The Bertz CT molecular complexity index is 953. The molecule has 1 aliphatic heterocycles. The molecule has 0 radical (unpaired) electrons. The highest BCUT2D eigenvalue weighted by molar-refractivity contribution is 6.10. The van der Waals surface area contributed by atoms with E-state index in [1.54, 1.807) is 12.1 Å². The van der Waals surface area contributed by atoms with E-state index in [9.17, 15) is 9.59 Å². The molecule has 26 heavy (non-hydrogen) atoms. The topological polar surface area (TPSA) is 78.1 Å². The van der Waals surface area contributed by atoms with Gasteiger partial charge in [-0.3, -0.25) is 14.5 Å². The number of para-hydroxylation sites is 2. The molecule has 1 aliphatic rings. The van der Waals surface area contributed by atoms with Crippen molar-refractivity contribution in [3.63, 3.8) is 0 Å². The lowest BCUT2D eigenvalue weighted by Crippen LogP contribution is -2.37. The van der Waals surface area contributed by atoms with Crippen LogP contribution in [-0.2, 0) is 11.2 Å². The van der Waals surface area contributed by atoms with Crippen LogP contribution in [0.4, 0.5) is 0 Å². The number of rotatable bonds is 5. The van der Waals surface area contributed by atoms with Gasteiger partial charge in [0.15, 0.2) is 0 Å². The van der Waals surface area contributed by atoms with Gasteiger partial charge in [-0.1, -0.05) is 36.9 Å². The standard InChI is InChI=1S/C20H18N4O2/c1-13-14-6-2-3-7-15(14)20(26)24(13)12-19(25)21-11-10-18-22-16-8-4-5-9-17(16)23-18/h2-9H,1,10-12H2,(H,21,25)(H,22,23). The van der Waals surface area contributed by atoms with Crippen molar-refractivity contribution in [3.8, 4) is 0 Å². The number of benzene rings is 2. The third kappa shape index (κ3) is 2.86. The van der Waals surface area contributed by atoms with Gasteiger partial charge < -0.3 is 10.3 Å². The van der Waals surface area contributed by atoms with E-state index >= 15 is 0 Å². The second-order valence-electron chi connectivity index (χ2n) is 6.18. The number of hydrogen-bond acceptors (Lipinski definition) is 3. The summed E-state index contributed by atoms with van der Waals surface area (Å²) in [4.78, 5) is 33.8. The molecular weight excluding hydrogens is 328 g/mol. The molecule has 0 fully saturated rings. The quantitative estimate of drug-likeness (QED) is 0.744. The second kappa shape index (κ2) is 6.48. The third-order valence-electron chi connectivity index (χ3n) is 4.46. The summed E-state index contributed by atoms with van der Waals surface area (Å²) in [6.45, 7) is 4.35. The summed E-state index contributed by atoms with van der Waals surface area (Å²) in [6.07, 6.45) is 0.593. The van der Waals surface area contributed by atoms with Crippen LogP contribution in [0.5, 0.6) is 0 Å². The molecule has 130 valence electrons. The Labute approximate surface area is 150 Å². The van der Waals surface area contributed by atoms with Gasteiger partial charge in [0.05, 0.1) is 11.0 Å². The summed E-state index contributed by atoms with van der Waals surface area (Å²) in [7, 11) is 0. The largest absolute Gasteiger partial charge is 0.354 e. The number of nitrogens with zero attached hydrogens (tertiary/aromatic N) is 2. The average Bonchev–Trinajstić information content (AvgIpc) is 3.16. The zero-order valence-electron chi connectivity index (χ0n) is 14.2. The number of carbonyl (C=O) groups is 2. The first-order valence-electron chi connectivity index (χ1n) is 8.44. The van der Waals surface area contributed by atoms with Crippen LogP contribution in [0.2, 0.25) is 0 Å². The maximum Gasteiger partial charge on any atom is 0.259 e. The molecule has 0 bridgehead atoms. The molecule has 2 aromatic carbocycles. The van der Waals surface area contributed by atoms with E-state index in [1.807, 2.05) is 36.4 Å². The minimum Gasteiger partial charge on any atom is -0.354 e. The van der Waals surface area contributed by atoms with Crippen molar-refractivity contribution in [1.82, 2.24) is 20.2 Å². The van der Waals surface area contributed by atoms with Crippen molar-refractivity contribution in [2.75, 3.05) is 13.1 Å². The Morgan fingerprint density at radius 1 is 1.12 bits per heavy atom. The van der Waals surface area contributed by atoms with Gasteiger partial charge in [0, 0.05) is 29.8 Å². The normalized spacial score (nSPS) is 13.3. The SMILES string of the molecule is C=C1c2ccccc2C(=O)N1CC(=O)NCCc1nc2ccccc2[nH]1. The number of carbonyl (C=O) groups excluding carboxylic acids is 2. The molecule has 4 rings (SSSR count). The Kier molecular flexibility index (Phi) is 4.01. The minimum absolute atomic E-state index is 0.0352. The first-order valence-corrected chi connectivity index (χ1v) is 8.44. The van der Waals surface area contributed by atoms with Crippen molar-refractivity contribution in [3.05, 3.63) is 72.1 Å². The van der Waals surface area contributed by atoms with Gasteiger partial charge in [-0.2, -0.15) is 0 Å². The van der Waals surface area contributed by atoms with Crippen molar-refractivity contribution in [2.24, 2.45) is 0 Å². The van der Waals surface area contributed by atoms with Gasteiger partial charge >= 0.3 is 0 Å². The third-order valence-corrected chi connectivity index (χ3v) is 4.46. The van der Waals surface area contributed by atoms with Crippen LogP contribution in [0, 0.1) is 0 Å². The summed E-state index contributed by atoms with van der Waals surface area (Å²) in [6, 6.07) is 15.0. The highest BCUT2D eigenvalue weighted by Crippen LogP contribution is 2.30. The van der Waals surface area contributed by atoms with Gasteiger partial charge in [-0.15, -0.1) is 0 Å². The molecule has 2 heterocycles. The molecule has 6 heteroatoms. The molecule has 2 N–H and O–H groups in total. The zero-order chi connectivity index (χ0) is 18.1. The summed E-state index contributed by atoms with van der Waals surface area (Å²) < 4.78 is 0. The molecule has 3 aromatic rings. The van der Waals surface area contributed by atoms with E-state index < -0.39 is 0 Å². The predicted octanol–water partition coefficient (Wildman–Crippen LogP) is 2.35. The maximum absolute atomic E-state index is 12.4. The van der Waals surface area contributed by atoms with Gasteiger partial charge in [0.25, 0.3) is 5.91 Å². The summed E-state index contributed by atoms with van der Waals surface area (Å²) in [5.41, 5.74) is 3.83. The number of imidazole rings is 1. The maximum atomic E-state index is 12.4. The first kappa shape index (κ1) is 16.1. The molecule has 0 saturated heterocycles. The van der Waals surface area contributed by atoms with Crippen LogP contribution >= 0.6 is 0 Å². The van der Waals surface area contributed by atoms with Crippen LogP contribution < -0.4 is 5.32 Å². The number of H-pyrrole nitrogens is 1. The summed E-state index contributed by atoms with van der Waals surface area (Å²) >= 11 is 0. The number of hydrogen-bond donors (Lipinski definition) is 2. The van der Waals surface area contributed by atoms with Gasteiger partial charge in [0.2, 0.25) is 5.91 Å². The highest BCUT2D eigenvalue weighted by Gasteiger charge is 2.31. The molecule has 0 unspecified atom stereocenters. The van der Waals surface area contributed by atoms with Crippen molar-refractivity contribution < 1.29 is 9.59 Å². The van der Waals surface area contributed by atoms with Crippen LogP contribution in [0.3, 0.4) is 0 Å². The number of aromatic nitrogens is 2. The minimum atomic E-state index is -0.219. The van der Waals surface area contributed by atoms with Crippen LogP contribution in [0.15, 0.2) is 55.1 Å². The fraction of sp³-hybridized carbons (Fsp3) is 0.150. The van der Waals surface area contributed by atoms with Crippen LogP contribution in [-0.4, -0.2) is 39.8 Å². The van der Waals surface area contributed by atoms with E-state index in [0.29, 0.717) is 24.2 Å². The molecule has 6 nitrogen and oxygen atoms in total. The van der Waals surface area contributed by atoms with Gasteiger partial charge in [-0.05, 0) is 18.2 Å². The molecule has 0 spiro atoms. The number of nitrogens with one attached hydrogen (secondary N) is 2. The Balaban J connectivity index is 1.33. The Morgan fingerprint density at radius 3 is 2.62 bits per heavy atom. The smallest absolute Gasteiger partial charge is 0.259 e. The number of fused-ring (bicyclic) bond motifs is 2. The van der Waals surface area contributed by atoms with Crippen LogP contribution in [0.25, 0.3) is 16.7 Å². The molecular formula is C20H18N4O2. The van der Waals surface area contributed by atoms with Crippen molar-refractivity contribution in [1.29, 1.82) is 0 Å². The number of amides is 2. The molecule has 0 atom stereocenters. The second-order valence-corrected chi connectivity index (χ2v) is 6.18. The first-order chi connectivity index (χ1) is 12.6. The fourth-order valence-electron chi connectivity index (χ4n) is 3.15. The molecule has 0 aliphatic carbocycles. The van der Waals surface area contributed by atoms with E-state index in [-0.39, 0.29) is 18.4 Å². The summed E-state index contributed by atoms with van der Waals surface area (Å²) in [5, 5.41) is 2.84. The monoisotopic (exact) mass is 346 g/mol. The average molecular weight is 346 g/mol. The zero-order valence-corrected chi connectivity index (χ0v) is 14.2. The molecule has 1 aromatic heterocycles. The lowest BCUT2D eigenvalue weighted by Gasteiger charge is -2.16. The predicted molar refractivity (Wildman–Crippen MR) is 99.3 cm³/mol. The van der Waals surface area contributed by atoms with Gasteiger partial charge in [0.1, 0.15) is 12.4 Å². The van der Waals surface area contributed by atoms with E-state index in [1.165, 1.54) is 4.90 Å². The van der Waals surface area contributed by atoms with Crippen molar-refractivity contribution in [2.45, 2.75) is 6.42 Å². The molecule has 2 amide bonds. The van der Waals surface area contributed by atoms with E-state index in [4.69, 9.17) is 0 Å². The Morgan fingerprint density at radius 2 is 1.85 bits per heavy atom. The fourth-order valence-corrected chi connectivity index (χ4v) is 3.15. The molecule has 0 saturated carbocycles. The van der Waals surface area contributed by atoms with Gasteiger partial charge in [-0.25, -0.2) is 4.98 Å². The summed E-state index contributed by atoms with van der Waals surface area (Å²) in [5.74, 6) is 0.419. The van der Waals surface area contributed by atoms with E-state index in [0.717, 1.165) is 22.4 Å². The highest BCUT2D eigenvalue weighted by atomic mass is 16.2. The van der Waals surface area contributed by atoms with E-state index in [2.05, 4.69) is 21.9 Å². The van der Waals surface area contributed by atoms with Crippen molar-refractivity contribution >= 4 is 28.5 Å². The number of aromatic amines is 1.